The standard InChI is InChI=1S/C14H23NOS2/c1-11-10-13(12-6-9-17-14(12)18-11)15-7-4-2-3-5-8-16/h6,9,11,13,15-16H,2-5,7-8,10H2,1H3/t11-,13?/m0/s1. The van der Waals surface area contributed by atoms with Crippen LogP contribution in [0.3, 0.4) is 0 Å². The van der Waals surface area contributed by atoms with Crippen LogP contribution in [0.5, 0.6) is 0 Å². The quantitative estimate of drug-likeness (QED) is 0.747. The predicted molar refractivity (Wildman–Crippen MR) is 80.6 cm³/mol. The van der Waals surface area contributed by atoms with Gasteiger partial charge < -0.3 is 10.4 Å². The number of nitrogens with one attached hydrogen (secondary N) is 1. The van der Waals surface area contributed by atoms with Gasteiger partial charge in [0, 0.05) is 17.9 Å². The molecule has 1 aliphatic heterocycles. The molecule has 0 spiro atoms. The number of aliphatic hydroxyl groups excluding tert-OH is 1. The number of thioether (sulfide) groups is 1. The molecule has 2 atom stereocenters. The average molecular weight is 285 g/mol. The van der Waals surface area contributed by atoms with Crippen LogP contribution in [0.1, 0.15) is 50.6 Å². The van der Waals surface area contributed by atoms with Crippen LogP contribution < -0.4 is 5.32 Å². The Kier molecular flexibility index (Phi) is 6.02. The van der Waals surface area contributed by atoms with Crippen molar-refractivity contribution in [1.29, 1.82) is 0 Å². The highest BCUT2D eigenvalue weighted by Crippen LogP contribution is 2.43. The fraction of sp³-hybridized carbons (Fsp3) is 0.714. The molecule has 2 rings (SSSR count). The molecule has 0 saturated carbocycles. The lowest BCUT2D eigenvalue weighted by atomic mass is 10.0. The Labute approximate surface area is 118 Å². The van der Waals surface area contributed by atoms with Crippen LogP contribution in [0.25, 0.3) is 0 Å². The highest BCUT2D eigenvalue weighted by molar-refractivity contribution is 8.01. The molecule has 2 N–H and O–H groups in total. The molecule has 0 amide bonds. The third kappa shape index (κ3) is 3.98. The van der Waals surface area contributed by atoms with E-state index in [0.29, 0.717) is 12.6 Å². The Hall–Kier alpha value is -0.0300. The number of rotatable bonds is 7. The van der Waals surface area contributed by atoms with E-state index < -0.39 is 0 Å². The van der Waals surface area contributed by atoms with Gasteiger partial charge in [-0.25, -0.2) is 0 Å². The molecule has 1 aromatic heterocycles. The van der Waals surface area contributed by atoms with E-state index in [0.717, 1.165) is 24.6 Å². The van der Waals surface area contributed by atoms with Crippen molar-refractivity contribution < 1.29 is 5.11 Å². The van der Waals surface area contributed by atoms with E-state index >= 15 is 0 Å². The number of hydrogen-bond acceptors (Lipinski definition) is 4. The lowest BCUT2D eigenvalue weighted by Crippen LogP contribution is -2.27. The number of unbranched alkanes of at least 4 members (excludes halogenated alkanes) is 3. The van der Waals surface area contributed by atoms with E-state index in [4.69, 9.17) is 5.11 Å². The molecule has 1 aromatic rings. The van der Waals surface area contributed by atoms with Crippen LogP contribution in [-0.4, -0.2) is 23.5 Å². The summed E-state index contributed by atoms with van der Waals surface area (Å²) in [4.78, 5) is 0. The summed E-state index contributed by atoms with van der Waals surface area (Å²) in [6.45, 7) is 3.76. The first-order valence-corrected chi connectivity index (χ1v) is 8.65. The van der Waals surface area contributed by atoms with Gasteiger partial charge in [0.25, 0.3) is 0 Å². The van der Waals surface area contributed by atoms with Crippen LogP contribution in [0.4, 0.5) is 0 Å². The van der Waals surface area contributed by atoms with Gasteiger partial charge in [0.1, 0.15) is 0 Å². The summed E-state index contributed by atoms with van der Waals surface area (Å²) in [5.41, 5.74) is 1.51. The van der Waals surface area contributed by atoms with Gasteiger partial charge in [-0.05, 0) is 42.8 Å². The average Bonchev–Trinajstić information content (AvgIpc) is 2.81. The molecule has 0 saturated heterocycles. The minimum absolute atomic E-state index is 0.336. The Morgan fingerprint density at radius 3 is 3.00 bits per heavy atom. The lowest BCUT2D eigenvalue weighted by Gasteiger charge is -2.27. The summed E-state index contributed by atoms with van der Waals surface area (Å²) < 4.78 is 1.51. The minimum atomic E-state index is 0.336. The molecule has 0 radical (unpaired) electrons. The van der Waals surface area contributed by atoms with Gasteiger partial charge in [-0.15, -0.1) is 23.1 Å². The van der Waals surface area contributed by atoms with Gasteiger partial charge in [0.15, 0.2) is 0 Å². The monoisotopic (exact) mass is 285 g/mol. The van der Waals surface area contributed by atoms with Gasteiger partial charge in [0.05, 0.1) is 4.21 Å². The van der Waals surface area contributed by atoms with E-state index in [2.05, 4.69) is 23.7 Å². The number of hydrogen-bond donors (Lipinski definition) is 2. The highest BCUT2D eigenvalue weighted by atomic mass is 32.2. The van der Waals surface area contributed by atoms with Crippen molar-refractivity contribution in [3.63, 3.8) is 0 Å². The smallest absolute Gasteiger partial charge is 0.0649 e. The Morgan fingerprint density at radius 1 is 1.33 bits per heavy atom. The highest BCUT2D eigenvalue weighted by Gasteiger charge is 2.25. The molecule has 18 heavy (non-hydrogen) atoms. The molecule has 2 nitrogen and oxygen atoms in total. The Balaban J connectivity index is 1.73. The van der Waals surface area contributed by atoms with Gasteiger partial charge in [-0.1, -0.05) is 19.8 Å². The van der Waals surface area contributed by atoms with Crippen molar-refractivity contribution in [2.45, 2.75) is 54.5 Å². The maximum Gasteiger partial charge on any atom is 0.0649 e. The van der Waals surface area contributed by atoms with Crippen molar-refractivity contribution in [2.75, 3.05) is 13.2 Å². The molecule has 102 valence electrons. The van der Waals surface area contributed by atoms with E-state index in [-0.39, 0.29) is 0 Å². The first-order valence-electron chi connectivity index (χ1n) is 6.89. The zero-order valence-electron chi connectivity index (χ0n) is 11.0. The van der Waals surface area contributed by atoms with Crippen molar-refractivity contribution in [3.8, 4) is 0 Å². The first kappa shape index (κ1) is 14.4. The Morgan fingerprint density at radius 2 is 2.17 bits per heavy atom. The summed E-state index contributed by atoms with van der Waals surface area (Å²) in [7, 11) is 0. The normalized spacial score (nSPS) is 23.0. The van der Waals surface area contributed by atoms with Crippen LogP contribution in [-0.2, 0) is 0 Å². The fourth-order valence-electron chi connectivity index (χ4n) is 2.41. The molecular formula is C14H23NOS2. The topological polar surface area (TPSA) is 32.3 Å². The third-order valence-electron chi connectivity index (χ3n) is 3.39. The Bertz CT molecular complexity index is 353. The molecule has 0 aromatic carbocycles. The van der Waals surface area contributed by atoms with Gasteiger partial charge >= 0.3 is 0 Å². The number of thiophene rings is 1. The van der Waals surface area contributed by atoms with E-state index in [1.54, 1.807) is 0 Å². The molecule has 1 aliphatic rings. The molecule has 1 unspecified atom stereocenters. The van der Waals surface area contributed by atoms with E-state index in [1.807, 2.05) is 23.1 Å². The first-order chi connectivity index (χ1) is 8.81. The van der Waals surface area contributed by atoms with E-state index in [1.165, 1.54) is 29.0 Å². The van der Waals surface area contributed by atoms with Gasteiger partial charge in [-0.2, -0.15) is 0 Å². The van der Waals surface area contributed by atoms with Crippen molar-refractivity contribution >= 4 is 23.1 Å². The van der Waals surface area contributed by atoms with Crippen LogP contribution >= 0.6 is 23.1 Å². The third-order valence-corrected chi connectivity index (χ3v) is 5.73. The van der Waals surface area contributed by atoms with Gasteiger partial charge in [-0.3, -0.25) is 0 Å². The lowest BCUT2D eigenvalue weighted by molar-refractivity contribution is 0.282. The molecular weight excluding hydrogens is 262 g/mol. The zero-order valence-corrected chi connectivity index (χ0v) is 12.7. The summed E-state index contributed by atoms with van der Waals surface area (Å²) in [6, 6.07) is 2.84. The fourth-order valence-corrected chi connectivity index (χ4v) is 4.98. The zero-order chi connectivity index (χ0) is 12.8. The summed E-state index contributed by atoms with van der Waals surface area (Å²) in [5.74, 6) is 0. The number of aliphatic hydroxyl groups is 1. The molecule has 0 aliphatic carbocycles. The molecule has 2 heterocycles. The summed E-state index contributed by atoms with van der Waals surface area (Å²) >= 11 is 3.90. The maximum absolute atomic E-state index is 8.72. The SMILES string of the molecule is C[C@H]1CC(NCCCCCCO)c2ccsc2S1. The molecule has 0 bridgehead atoms. The van der Waals surface area contributed by atoms with Gasteiger partial charge in [0.2, 0.25) is 0 Å². The second-order valence-electron chi connectivity index (χ2n) is 4.97. The summed E-state index contributed by atoms with van der Waals surface area (Å²) in [5, 5.41) is 15.4. The minimum Gasteiger partial charge on any atom is -0.396 e. The largest absolute Gasteiger partial charge is 0.396 e. The summed E-state index contributed by atoms with van der Waals surface area (Å²) in [6.07, 6.45) is 5.79. The number of fused-ring (bicyclic) bond motifs is 1. The second-order valence-corrected chi connectivity index (χ2v) is 7.60. The van der Waals surface area contributed by atoms with E-state index in [9.17, 15) is 0 Å². The van der Waals surface area contributed by atoms with Crippen LogP contribution in [0.2, 0.25) is 0 Å². The van der Waals surface area contributed by atoms with Crippen molar-refractivity contribution in [3.05, 3.63) is 17.0 Å². The predicted octanol–water partition coefficient (Wildman–Crippen LogP) is 3.82. The second kappa shape index (κ2) is 7.53. The maximum atomic E-state index is 8.72. The van der Waals surface area contributed by atoms with Crippen LogP contribution in [0.15, 0.2) is 15.7 Å². The van der Waals surface area contributed by atoms with Crippen LogP contribution in [0, 0.1) is 0 Å². The van der Waals surface area contributed by atoms with Crippen molar-refractivity contribution in [1.82, 2.24) is 5.32 Å². The molecule has 4 heteroatoms. The van der Waals surface area contributed by atoms with Crippen molar-refractivity contribution in [2.24, 2.45) is 0 Å². The molecule has 0 fully saturated rings.